The number of hydrogen-bond donors (Lipinski definition) is 2. The molecule has 4 rings (SSSR count). The highest BCUT2D eigenvalue weighted by atomic mass is 32.2. The summed E-state index contributed by atoms with van der Waals surface area (Å²) < 4.78 is 0. The molecule has 0 radical (unpaired) electrons. The van der Waals surface area contributed by atoms with E-state index in [1.807, 2.05) is 25.1 Å². The number of hydrogen-bond acceptors (Lipinski definition) is 5. The van der Waals surface area contributed by atoms with Crippen LogP contribution in [0.1, 0.15) is 55.9 Å². The fraction of sp³-hybridized carbons (Fsp3) is 0.474. The second-order valence-electron chi connectivity index (χ2n) is 6.98. The van der Waals surface area contributed by atoms with Gasteiger partial charge in [0, 0.05) is 6.42 Å². The van der Waals surface area contributed by atoms with E-state index in [-0.39, 0.29) is 10.8 Å². The summed E-state index contributed by atoms with van der Waals surface area (Å²) in [5.41, 5.74) is 0.608. The van der Waals surface area contributed by atoms with Crippen LogP contribution in [0.4, 0.5) is 0 Å². The minimum atomic E-state index is -0.106. The van der Waals surface area contributed by atoms with E-state index in [9.17, 15) is 4.79 Å². The van der Waals surface area contributed by atoms with Crippen LogP contribution in [0.5, 0.6) is 0 Å². The van der Waals surface area contributed by atoms with Gasteiger partial charge in [-0.15, -0.1) is 5.10 Å². The SMILES string of the molecule is C[C@@H](Sc1n[nH]c(CCC2CCCC2)n1)c1nc2ccccc2c(=O)[nH]1. The Morgan fingerprint density at radius 1 is 1.23 bits per heavy atom. The third-order valence-corrected chi connectivity index (χ3v) is 6.04. The fourth-order valence-corrected chi connectivity index (χ4v) is 4.39. The van der Waals surface area contributed by atoms with E-state index in [2.05, 4.69) is 25.1 Å². The van der Waals surface area contributed by atoms with Crippen molar-refractivity contribution in [1.82, 2.24) is 25.1 Å². The van der Waals surface area contributed by atoms with Crippen LogP contribution in [0.25, 0.3) is 10.9 Å². The number of nitrogens with zero attached hydrogens (tertiary/aromatic N) is 3. The molecule has 1 aliphatic rings. The summed E-state index contributed by atoms with van der Waals surface area (Å²) in [6, 6.07) is 7.38. The first kappa shape index (κ1) is 17.3. The van der Waals surface area contributed by atoms with Gasteiger partial charge in [0.25, 0.3) is 5.56 Å². The van der Waals surface area contributed by atoms with Gasteiger partial charge < -0.3 is 4.98 Å². The van der Waals surface area contributed by atoms with Crippen LogP contribution in [-0.2, 0) is 6.42 Å². The van der Waals surface area contributed by atoms with Gasteiger partial charge in [-0.2, -0.15) is 0 Å². The Labute approximate surface area is 156 Å². The second kappa shape index (κ2) is 7.61. The first-order chi connectivity index (χ1) is 12.7. The molecule has 136 valence electrons. The standard InChI is InChI=1S/C19H23N5OS/c1-12(17-20-15-9-5-4-8-14(15)18(25)22-17)26-19-21-16(23-24-19)11-10-13-6-2-3-7-13/h4-5,8-9,12-13H,2-3,6-7,10-11H2,1H3,(H,20,22,25)(H,21,23,24)/t12-/m1/s1. The summed E-state index contributed by atoms with van der Waals surface area (Å²) in [5, 5.41) is 8.65. The molecule has 2 heterocycles. The Hall–Kier alpha value is -2.15. The number of para-hydroxylation sites is 1. The lowest BCUT2D eigenvalue weighted by molar-refractivity contribution is 0.497. The number of aromatic amines is 2. The second-order valence-corrected chi connectivity index (χ2v) is 8.29. The summed E-state index contributed by atoms with van der Waals surface area (Å²) in [7, 11) is 0. The van der Waals surface area contributed by atoms with Gasteiger partial charge in [0.2, 0.25) is 5.16 Å². The number of H-pyrrole nitrogens is 2. The average Bonchev–Trinajstić information content (AvgIpc) is 3.31. The van der Waals surface area contributed by atoms with Crippen molar-refractivity contribution in [2.24, 2.45) is 5.92 Å². The van der Waals surface area contributed by atoms with E-state index in [0.29, 0.717) is 21.9 Å². The molecule has 6 nitrogen and oxygen atoms in total. The Bertz CT molecular complexity index is 944. The highest BCUT2D eigenvalue weighted by molar-refractivity contribution is 7.99. The van der Waals surface area contributed by atoms with Gasteiger partial charge in [-0.3, -0.25) is 9.89 Å². The Balaban J connectivity index is 1.43. The predicted molar refractivity (Wildman–Crippen MR) is 103 cm³/mol. The third kappa shape index (κ3) is 3.82. The van der Waals surface area contributed by atoms with Crippen molar-refractivity contribution in [3.8, 4) is 0 Å². The summed E-state index contributed by atoms with van der Waals surface area (Å²) in [5.74, 6) is 2.45. The molecule has 3 aromatic rings. The largest absolute Gasteiger partial charge is 0.309 e. The molecule has 1 fully saturated rings. The molecule has 26 heavy (non-hydrogen) atoms. The number of aryl methyl sites for hydroxylation is 1. The summed E-state index contributed by atoms with van der Waals surface area (Å²) in [6.07, 6.45) is 7.60. The van der Waals surface area contributed by atoms with Gasteiger partial charge >= 0.3 is 0 Å². The van der Waals surface area contributed by atoms with Crippen molar-refractivity contribution in [2.45, 2.75) is 55.9 Å². The predicted octanol–water partition coefficient (Wildman–Crippen LogP) is 4.02. The first-order valence-corrected chi connectivity index (χ1v) is 10.1. The average molecular weight is 369 g/mol. The van der Waals surface area contributed by atoms with Gasteiger partial charge in [-0.25, -0.2) is 9.97 Å². The number of benzene rings is 1. The van der Waals surface area contributed by atoms with Crippen LogP contribution in [0, 0.1) is 5.92 Å². The van der Waals surface area contributed by atoms with Crippen LogP contribution < -0.4 is 5.56 Å². The number of thioether (sulfide) groups is 1. The maximum atomic E-state index is 12.2. The number of rotatable bonds is 6. The zero-order chi connectivity index (χ0) is 17.9. The van der Waals surface area contributed by atoms with Gasteiger partial charge in [0.05, 0.1) is 16.2 Å². The van der Waals surface area contributed by atoms with E-state index in [1.54, 1.807) is 6.07 Å². The van der Waals surface area contributed by atoms with Crippen LogP contribution in [0.3, 0.4) is 0 Å². The Kier molecular flexibility index (Phi) is 5.06. The van der Waals surface area contributed by atoms with Crippen molar-refractivity contribution in [3.63, 3.8) is 0 Å². The quantitative estimate of drug-likeness (QED) is 0.641. The highest BCUT2D eigenvalue weighted by Crippen LogP contribution is 2.31. The number of fused-ring (bicyclic) bond motifs is 1. The minimum absolute atomic E-state index is 0.0363. The zero-order valence-corrected chi connectivity index (χ0v) is 15.7. The lowest BCUT2D eigenvalue weighted by atomic mass is 10.0. The molecule has 2 N–H and O–H groups in total. The molecule has 0 saturated heterocycles. The maximum absolute atomic E-state index is 12.2. The number of aromatic nitrogens is 5. The molecular formula is C19H23N5OS. The van der Waals surface area contributed by atoms with Gasteiger partial charge in [-0.05, 0) is 31.4 Å². The van der Waals surface area contributed by atoms with Crippen molar-refractivity contribution < 1.29 is 0 Å². The molecule has 2 aromatic heterocycles. The van der Waals surface area contributed by atoms with Gasteiger partial charge in [-0.1, -0.05) is 49.6 Å². The summed E-state index contributed by atoms with van der Waals surface area (Å²) in [4.78, 5) is 24.3. The molecular weight excluding hydrogens is 346 g/mol. The number of nitrogens with one attached hydrogen (secondary N) is 2. The van der Waals surface area contributed by atoms with E-state index in [0.717, 1.165) is 18.2 Å². The highest BCUT2D eigenvalue weighted by Gasteiger charge is 2.17. The Morgan fingerprint density at radius 3 is 2.88 bits per heavy atom. The lowest BCUT2D eigenvalue weighted by Crippen LogP contribution is -2.12. The molecule has 0 unspecified atom stereocenters. The topological polar surface area (TPSA) is 87.3 Å². The van der Waals surface area contributed by atoms with Crippen molar-refractivity contribution in [2.75, 3.05) is 0 Å². The molecule has 0 spiro atoms. The van der Waals surface area contributed by atoms with Crippen LogP contribution in [-0.4, -0.2) is 25.1 Å². The smallest absolute Gasteiger partial charge is 0.258 e. The zero-order valence-electron chi connectivity index (χ0n) is 14.9. The summed E-state index contributed by atoms with van der Waals surface area (Å²) in [6.45, 7) is 2.01. The molecule has 0 aliphatic heterocycles. The van der Waals surface area contributed by atoms with E-state index >= 15 is 0 Å². The maximum Gasteiger partial charge on any atom is 0.258 e. The van der Waals surface area contributed by atoms with Crippen molar-refractivity contribution in [1.29, 1.82) is 0 Å². The molecule has 7 heteroatoms. The minimum Gasteiger partial charge on any atom is -0.309 e. The molecule has 0 bridgehead atoms. The first-order valence-electron chi connectivity index (χ1n) is 9.26. The van der Waals surface area contributed by atoms with Crippen LogP contribution in [0.15, 0.2) is 34.2 Å². The van der Waals surface area contributed by atoms with Crippen molar-refractivity contribution in [3.05, 3.63) is 46.3 Å². The van der Waals surface area contributed by atoms with E-state index in [1.165, 1.54) is 43.9 Å². The molecule has 0 amide bonds. The normalized spacial score (nSPS) is 16.3. The third-order valence-electron chi connectivity index (χ3n) is 5.07. The molecule has 1 saturated carbocycles. The molecule has 1 atom stereocenters. The fourth-order valence-electron chi connectivity index (χ4n) is 3.59. The van der Waals surface area contributed by atoms with E-state index < -0.39 is 0 Å². The van der Waals surface area contributed by atoms with Gasteiger partial charge in [0.15, 0.2) is 0 Å². The summed E-state index contributed by atoms with van der Waals surface area (Å²) >= 11 is 1.51. The van der Waals surface area contributed by atoms with Crippen LogP contribution in [0.2, 0.25) is 0 Å². The Morgan fingerprint density at radius 2 is 2.04 bits per heavy atom. The van der Waals surface area contributed by atoms with Crippen LogP contribution >= 0.6 is 11.8 Å². The van der Waals surface area contributed by atoms with E-state index in [4.69, 9.17) is 0 Å². The van der Waals surface area contributed by atoms with Crippen molar-refractivity contribution >= 4 is 22.7 Å². The lowest BCUT2D eigenvalue weighted by Gasteiger charge is -2.08. The van der Waals surface area contributed by atoms with Gasteiger partial charge in [0.1, 0.15) is 11.6 Å². The monoisotopic (exact) mass is 369 g/mol. The molecule has 1 aromatic carbocycles. The molecule has 1 aliphatic carbocycles.